The van der Waals surface area contributed by atoms with Crippen molar-refractivity contribution in [2.24, 2.45) is 0 Å². The summed E-state index contributed by atoms with van der Waals surface area (Å²) in [5.41, 5.74) is 0.273. The van der Waals surface area contributed by atoms with Crippen LogP contribution in [-0.2, 0) is 4.79 Å². The first-order valence-electron chi connectivity index (χ1n) is 6.05. The Balaban J connectivity index is 2.15. The third-order valence-corrected chi connectivity index (χ3v) is 2.29. The van der Waals surface area contributed by atoms with Crippen LogP contribution in [0.4, 0.5) is 0 Å². The quantitative estimate of drug-likeness (QED) is 0.691. The van der Waals surface area contributed by atoms with E-state index in [4.69, 9.17) is 0 Å². The van der Waals surface area contributed by atoms with E-state index >= 15 is 0 Å². The summed E-state index contributed by atoms with van der Waals surface area (Å²) in [6.45, 7) is 2.84. The molecule has 0 saturated carbocycles. The normalized spacial score (nSPS) is 9.83. The zero-order valence-electron chi connectivity index (χ0n) is 10.5. The summed E-state index contributed by atoms with van der Waals surface area (Å²) in [7, 11) is 0. The predicted molar refractivity (Wildman–Crippen MR) is 66.9 cm³/mol. The summed E-state index contributed by atoms with van der Waals surface area (Å²) in [4.78, 5) is 30.5. The van der Waals surface area contributed by atoms with Crippen LogP contribution in [0.15, 0.2) is 18.6 Å². The van der Waals surface area contributed by atoms with Gasteiger partial charge in [0.15, 0.2) is 0 Å². The summed E-state index contributed by atoms with van der Waals surface area (Å²) in [6, 6.07) is 0. The first kappa shape index (κ1) is 14.1. The molecule has 6 heteroatoms. The average molecular weight is 250 g/mol. The Morgan fingerprint density at radius 1 is 1.22 bits per heavy atom. The van der Waals surface area contributed by atoms with Crippen molar-refractivity contribution >= 4 is 11.8 Å². The molecule has 1 rings (SSSR count). The minimum Gasteiger partial charge on any atom is -0.354 e. The number of aromatic nitrogens is 2. The van der Waals surface area contributed by atoms with Gasteiger partial charge in [-0.3, -0.25) is 14.6 Å². The summed E-state index contributed by atoms with van der Waals surface area (Å²) >= 11 is 0. The molecular weight excluding hydrogens is 232 g/mol. The number of nitrogens with zero attached hydrogens (tertiary/aromatic N) is 2. The van der Waals surface area contributed by atoms with Gasteiger partial charge in [0.1, 0.15) is 5.69 Å². The van der Waals surface area contributed by atoms with Crippen molar-refractivity contribution in [2.75, 3.05) is 13.1 Å². The van der Waals surface area contributed by atoms with Crippen molar-refractivity contribution in [1.82, 2.24) is 20.6 Å². The molecule has 0 saturated heterocycles. The van der Waals surface area contributed by atoms with Crippen molar-refractivity contribution in [1.29, 1.82) is 0 Å². The largest absolute Gasteiger partial charge is 0.354 e. The van der Waals surface area contributed by atoms with Crippen molar-refractivity contribution in [3.63, 3.8) is 0 Å². The lowest BCUT2D eigenvalue weighted by Crippen LogP contribution is -2.34. The fourth-order valence-corrected chi connectivity index (χ4v) is 1.31. The molecule has 0 spiro atoms. The smallest absolute Gasteiger partial charge is 0.271 e. The lowest BCUT2D eigenvalue weighted by Gasteiger charge is -2.06. The maximum absolute atomic E-state index is 11.5. The van der Waals surface area contributed by atoms with E-state index < -0.39 is 0 Å². The Kier molecular flexibility index (Phi) is 6.38. The fraction of sp³-hybridized carbons (Fsp3) is 0.500. The number of rotatable bonds is 7. The highest BCUT2D eigenvalue weighted by Crippen LogP contribution is 1.92. The van der Waals surface area contributed by atoms with Crippen LogP contribution in [0.1, 0.15) is 36.7 Å². The number of unbranched alkanes of at least 4 members (excludes halogenated alkanes) is 1. The van der Waals surface area contributed by atoms with Crippen LogP contribution in [0.2, 0.25) is 0 Å². The zero-order valence-corrected chi connectivity index (χ0v) is 10.5. The highest BCUT2D eigenvalue weighted by atomic mass is 16.2. The van der Waals surface area contributed by atoms with Crippen molar-refractivity contribution in [3.8, 4) is 0 Å². The number of hydrogen-bond acceptors (Lipinski definition) is 4. The molecule has 0 aliphatic heterocycles. The van der Waals surface area contributed by atoms with E-state index in [0.29, 0.717) is 19.5 Å². The van der Waals surface area contributed by atoms with Crippen molar-refractivity contribution < 1.29 is 9.59 Å². The molecule has 0 radical (unpaired) electrons. The topological polar surface area (TPSA) is 84.0 Å². The Morgan fingerprint density at radius 2 is 2.00 bits per heavy atom. The molecule has 18 heavy (non-hydrogen) atoms. The Morgan fingerprint density at radius 3 is 2.67 bits per heavy atom. The second-order valence-corrected chi connectivity index (χ2v) is 3.80. The van der Waals surface area contributed by atoms with Gasteiger partial charge >= 0.3 is 0 Å². The molecule has 1 aromatic heterocycles. The fourth-order valence-electron chi connectivity index (χ4n) is 1.31. The van der Waals surface area contributed by atoms with Crippen LogP contribution < -0.4 is 10.6 Å². The van der Waals surface area contributed by atoms with Gasteiger partial charge < -0.3 is 10.6 Å². The second kappa shape index (κ2) is 8.16. The highest BCUT2D eigenvalue weighted by Gasteiger charge is 2.05. The number of carbonyl (C=O) groups excluding carboxylic acids is 2. The van der Waals surface area contributed by atoms with Gasteiger partial charge in [-0.2, -0.15) is 0 Å². The first-order chi connectivity index (χ1) is 8.74. The minimum absolute atomic E-state index is 0.0191. The monoisotopic (exact) mass is 250 g/mol. The molecule has 0 aliphatic rings. The van der Waals surface area contributed by atoms with Crippen LogP contribution in [0.5, 0.6) is 0 Å². The zero-order chi connectivity index (χ0) is 13.2. The molecule has 0 atom stereocenters. The molecule has 0 fully saturated rings. The molecule has 1 aromatic rings. The van der Waals surface area contributed by atoms with E-state index in [1.807, 2.05) is 6.92 Å². The van der Waals surface area contributed by atoms with E-state index in [9.17, 15) is 9.59 Å². The predicted octanol–water partition coefficient (Wildman–Crippen LogP) is 0.513. The average Bonchev–Trinajstić information content (AvgIpc) is 2.42. The molecular formula is C12H18N4O2. The van der Waals surface area contributed by atoms with Gasteiger partial charge in [0.2, 0.25) is 5.91 Å². The van der Waals surface area contributed by atoms with Crippen molar-refractivity contribution in [3.05, 3.63) is 24.3 Å². The number of hydrogen-bond donors (Lipinski definition) is 2. The maximum Gasteiger partial charge on any atom is 0.271 e. The molecule has 0 aromatic carbocycles. The van der Waals surface area contributed by atoms with Gasteiger partial charge in [0, 0.05) is 31.9 Å². The lowest BCUT2D eigenvalue weighted by molar-refractivity contribution is -0.121. The highest BCUT2D eigenvalue weighted by molar-refractivity contribution is 5.91. The summed E-state index contributed by atoms with van der Waals surface area (Å²) < 4.78 is 0. The van der Waals surface area contributed by atoms with Gasteiger partial charge in [-0.15, -0.1) is 0 Å². The van der Waals surface area contributed by atoms with Gasteiger partial charge in [0.05, 0.1) is 6.20 Å². The SMILES string of the molecule is CCCCC(=O)NCCNC(=O)c1cnccn1. The Labute approximate surface area is 106 Å². The molecule has 0 aliphatic carbocycles. The van der Waals surface area contributed by atoms with Gasteiger partial charge in [-0.25, -0.2) is 4.98 Å². The Hall–Kier alpha value is -1.98. The van der Waals surface area contributed by atoms with E-state index in [0.717, 1.165) is 12.8 Å². The molecule has 2 amide bonds. The summed E-state index contributed by atoms with van der Waals surface area (Å²) in [6.07, 6.45) is 6.78. The maximum atomic E-state index is 11.5. The first-order valence-corrected chi connectivity index (χ1v) is 6.05. The van der Waals surface area contributed by atoms with Gasteiger partial charge in [-0.1, -0.05) is 13.3 Å². The van der Waals surface area contributed by atoms with E-state index in [1.165, 1.54) is 18.6 Å². The standard InChI is InChI=1S/C12H18N4O2/c1-2-3-4-11(17)15-7-8-16-12(18)10-9-13-5-6-14-10/h5-6,9H,2-4,7-8H2,1H3,(H,15,17)(H,16,18). The second-order valence-electron chi connectivity index (χ2n) is 3.80. The van der Waals surface area contributed by atoms with E-state index in [-0.39, 0.29) is 17.5 Å². The third-order valence-electron chi connectivity index (χ3n) is 2.29. The molecule has 0 unspecified atom stereocenters. The summed E-state index contributed by atoms with van der Waals surface area (Å²) in [5, 5.41) is 5.39. The van der Waals surface area contributed by atoms with Crippen LogP contribution in [-0.4, -0.2) is 34.9 Å². The molecule has 1 heterocycles. The Bertz CT molecular complexity index is 381. The van der Waals surface area contributed by atoms with E-state index in [2.05, 4.69) is 20.6 Å². The number of carbonyl (C=O) groups is 2. The third kappa shape index (κ3) is 5.38. The number of amides is 2. The van der Waals surface area contributed by atoms with Crippen molar-refractivity contribution in [2.45, 2.75) is 26.2 Å². The van der Waals surface area contributed by atoms with Gasteiger partial charge in [-0.05, 0) is 6.42 Å². The van der Waals surface area contributed by atoms with Crippen LogP contribution >= 0.6 is 0 Å². The number of nitrogens with one attached hydrogen (secondary N) is 2. The van der Waals surface area contributed by atoms with Crippen LogP contribution in [0, 0.1) is 0 Å². The van der Waals surface area contributed by atoms with E-state index in [1.54, 1.807) is 0 Å². The van der Waals surface area contributed by atoms with Crippen LogP contribution in [0.3, 0.4) is 0 Å². The summed E-state index contributed by atoms with van der Waals surface area (Å²) in [5.74, 6) is -0.267. The lowest BCUT2D eigenvalue weighted by atomic mass is 10.2. The minimum atomic E-state index is -0.286. The molecule has 0 bridgehead atoms. The molecule has 98 valence electrons. The van der Waals surface area contributed by atoms with Gasteiger partial charge in [0.25, 0.3) is 5.91 Å². The van der Waals surface area contributed by atoms with Crippen LogP contribution in [0.25, 0.3) is 0 Å². The molecule has 6 nitrogen and oxygen atoms in total. The molecule has 2 N–H and O–H groups in total.